The highest BCUT2D eigenvalue weighted by Crippen LogP contribution is 2.12. The van der Waals surface area contributed by atoms with Crippen LogP contribution in [0.15, 0.2) is 24.3 Å². The zero-order chi connectivity index (χ0) is 12.8. The minimum atomic E-state index is -0.0560. The molecule has 0 aromatic heterocycles. The van der Waals surface area contributed by atoms with E-state index in [0.717, 1.165) is 25.0 Å². The lowest BCUT2D eigenvalue weighted by Gasteiger charge is -2.22. The van der Waals surface area contributed by atoms with Crippen LogP contribution in [0.5, 0.6) is 0 Å². The molecule has 4 heteroatoms. The standard InChI is InChI=1S/C14H20N2O2/c15-9-11-4-3-5-12(8-11)14(17)16-10-13-6-1-2-7-18-13/h3-5,8,13H,1-2,6-7,9-10,15H2,(H,16,17). The number of nitrogens with two attached hydrogens (primary N) is 1. The quantitative estimate of drug-likeness (QED) is 0.847. The Balaban J connectivity index is 1.86. The molecule has 0 aliphatic carbocycles. The number of rotatable bonds is 4. The fourth-order valence-corrected chi connectivity index (χ4v) is 2.12. The van der Waals surface area contributed by atoms with Gasteiger partial charge in [0.15, 0.2) is 0 Å². The Bertz CT molecular complexity index is 401. The van der Waals surface area contributed by atoms with E-state index in [1.165, 1.54) is 6.42 Å². The second-order valence-corrected chi connectivity index (χ2v) is 4.60. The van der Waals surface area contributed by atoms with Gasteiger partial charge in [-0.3, -0.25) is 4.79 Å². The van der Waals surface area contributed by atoms with Crippen molar-refractivity contribution >= 4 is 5.91 Å². The molecule has 0 spiro atoms. The van der Waals surface area contributed by atoms with Crippen molar-refractivity contribution in [2.75, 3.05) is 13.2 Å². The fraction of sp³-hybridized carbons (Fsp3) is 0.500. The topological polar surface area (TPSA) is 64.4 Å². The van der Waals surface area contributed by atoms with E-state index >= 15 is 0 Å². The fourth-order valence-electron chi connectivity index (χ4n) is 2.12. The average Bonchev–Trinajstić information content (AvgIpc) is 2.46. The second-order valence-electron chi connectivity index (χ2n) is 4.60. The molecule has 1 aromatic rings. The Kier molecular flexibility index (Phi) is 4.73. The number of carbonyl (C=O) groups is 1. The van der Waals surface area contributed by atoms with Gasteiger partial charge >= 0.3 is 0 Å². The van der Waals surface area contributed by atoms with Crippen molar-refractivity contribution in [3.05, 3.63) is 35.4 Å². The molecule has 1 aliphatic heterocycles. The van der Waals surface area contributed by atoms with Crippen LogP contribution < -0.4 is 11.1 Å². The van der Waals surface area contributed by atoms with E-state index in [1.54, 1.807) is 6.07 Å². The molecule has 1 aromatic carbocycles. The van der Waals surface area contributed by atoms with E-state index in [1.807, 2.05) is 18.2 Å². The lowest BCUT2D eigenvalue weighted by Crippen LogP contribution is -2.35. The van der Waals surface area contributed by atoms with E-state index < -0.39 is 0 Å². The molecule has 1 aliphatic rings. The summed E-state index contributed by atoms with van der Waals surface area (Å²) in [5.41, 5.74) is 7.19. The van der Waals surface area contributed by atoms with Gasteiger partial charge in [-0.15, -0.1) is 0 Å². The number of hydrogen-bond acceptors (Lipinski definition) is 3. The van der Waals surface area contributed by atoms with Crippen LogP contribution in [0, 0.1) is 0 Å². The monoisotopic (exact) mass is 248 g/mol. The molecule has 2 rings (SSSR count). The van der Waals surface area contributed by atoms with Crippen LogP contribution in [0.3, 0.4) is 0 Å². The molecule has 0 radical (unpaired) electrons. The van der Waals surface area contributed by atoms with Crippen molar-refractivity contribution in [1.82, 2.24) is 5.32 Å². The molecule has 1 unspecified atom stereocenters. The maximum atomic E-state index is 11.9. The maximum absolute atomic E-state index is 11.9. The van der Waals surface area contributed by atoms with Gasteiger partial charge in [0.25, 0.3) is 5.91 Å². The lowest BCUT2D eigenvalue weighted by atomic mass is 10.1. The van der Waals surface area contributed by atoms with Gasteiger partial charge in [-0.05, 0) is 37.0 Å². The van der Waals surface area contributed by atoms with Crippen molar-refractivity contribution in [2.45, 2.75) is 31.9 Å². The third-order valence-corrected chi connectivity index (χ3v) is 3.19. The summed E-state index contributed by atoms with van der Waals surface area (Å²) >= 11 is 0. The highest BCUT2D eigenvalue weighted by Gasteiger charge is 2.15. The molecule has 1 amide bonds. The van der Waals surface area contributed by atoms with Crippen LogP contribution in [-0.4, -0.2) is 25.2 Å². The third kappa shape index (κ3) is 3.55. The number of ether oxygens (including phenoxy) is 1. The highest BCUT2D eigenvalue weighted by atomic mass is 16.5. The van der Waals surface area contributed by atoms with Gasteiger partial charge in [0.1, 0.15) is 0 Å². The van der Waals surface area contributed by atoms with E-state index in [4.69, 9.17) is 10.5 Å². The molecular formula is C14H20N2O2. The molecule has 3 N–H and O–H groups in total. The number of benzene rings is 1. The smallest absolute Gasteiger partial charge is 0.251 e. The predicted molar refractivity (Wildman–Crippen MR) is 70.3 cm³/mol. The van der Waals surface area contributed by atoms with Gasteiger partial charge in [-0.2, -0.15) is 0 Å². The Hall–Kier alpha value is -1.39. The van der Waals surface area contributed by atoms with Crippen LogP contribution >= 0.6 is 0 Å². The summed E-state index contributed by atoms with van der Waals surface area (Å²) in [6, 6.07) is 7.41. The molecule has 0 bridgehead atoms. The second kappa shape index (κ2) is 6.52. The van der Waals surface area contributed by atoms with Crippen molar-refractivity contribution in [3.8, 4) is 0 Å². The highest BCUT2D eigenvalue weighted by molar-refractivity contribution is 5.94. The van der Waals surface area contributed by atoms with Gasteiger partial charge in [-0.25, -0.2) is 0 Å². The summed E-state index contributed by atoms with van der Waals surface area (Å²) in [5, 5.41) is 2.92. The van der Waals surface area contributed by atoms with Crippen LogP contribution in [0.25, 0.3) is 0 Å². The SMILES string of the molecule is NCc1cccc(C(=O)NCC2CCCCO2)c1. The first-order chi connectivity index (χ1) is 8.79. The van der Waals surface area contributed by atoms with Crippen LogP contribution in [0.2, 0.25) is 0 Å². The molecule has 1 saturated heterocycles. The Morgan fingerprint density at radius 2 is 2.33 bits per heavy atom. The first-order valence-corrected chi connectivity index (χ1v) is 6.48. The molecule has 4 nitrogen and oxygen atoms in total. The minimum absolute atomic E-state index is 0.0560. The molecule has 98 valence electrons. The number of nitrogens with one attached hydrogen (secondary N) is 1. The number of hydrogen-bond donors (Lipinski definition) is 2. The summed E-state index contributed by atoms with van der Waals surface area (Å²) in [6.07, 6.45) is 3.51. The van der Waals surface area contributed by atoms with Gasteiger partial charge < -0.3 is 15.8 Å². The number of amides is 1. The first-order valence-electron chi connectivity index (χ1n) is 6.48. The predicted octanol–water partition coefficient (Wildman–Crippen LogP) is 1.44. The summed E-state index contributed by atoms with van der Waals surface area (Å²) in [7, 11) is 0. The van der Waals surface area contributed by atoms with E-state index in [2.05, 4.69) is 5.32 Å². The number of carbonyl (C=O) groups excluding carboxylic acids is 1. The molecule has 1 fully saturated rings. The molecule has 0 saturated carbocycles. The average molecular weight is 248 g/mol. The molecular weight excluding hydrogens is 228 g/mol. The zero-order valence-electron chi connectivity index (χ0n) is 10.5. The van der Waals surface area contributed by atoms with E-state index in [0.29, 0.717) is 18.7 Å². The first kappa shape index (κ1) is 13.1. The van der Waals surface area contributed by atoms with Crippen LogP contribution in [0.4, 0.5) is 0 Å². The normalized spacial score (nSPS) is 19.5. The van der Waals surface area contributed by atoms with Crippen molar-refractivity contribution < 1.29 is 9.53 Å². The van der Waals surface area contributed by atoms with Crippen molar-refractivity contribution in [1.29, 1.82) is 0 Å². The molecule has 1 heterocycles. The Morgan fingerprint density at radius 3 is 3.06 bits per heavy atom. The van der Waals surface area contributed by atoms with Gasteiger partial charge in [0.05, 0.1) is 6.10 Å². The molecule has 18 heavy (non-hydrogen) atoms. The maximum Gasteiger partial charge on any atom is 0.251 e. The summed E-state index contributed by atoms with van der Waals surface area (Å²) in [4.78, 5) is 11.9. The Labute approximate surface area is 108 Å². The van der Waals surface area contributed by atoms with Crippen molar-refractivity contribution in [2.24, 2.45) is 5.73 Å². The van der Waals surface area contributed by atoms with E-state index in [9.17, 15) is 4.79 Å². The third-order valence-electron chi connectivity index (χ3n) is 3.19. The largest absolute Gasteiger partial charge is 0.376 e. The van der Waals surface area contributed by atoms with Crippen LogP contribution in [0.1, 0.15) is 35.2 Å². The zero-order valence-corrected chi connectivity index (χ0v) is 10.5. The van der Waals surface area contributed by atoms with E-state index in [-0.39, 0.29) is 12.0 Å². The summed E-state index contributed by atoms with van der Waals surface area (Å²) in [5.74, 6) is -0.0560. The summed E-state index contributed by atoms with van der Waals surface area (Å²) in [6.45, 7) is 1.85. The van der Waals surface area contributed by atoms with Gasteiger partial charge in [0.2, 0.25) is 0 Å². The van der Waals surface area contributed by atoms with Gasteiger partial charge in [-0.1, -0.05) is 12.1 Å². The minimum Gasteiger partial charge on any atom is -0.376 e. The summed E-state index contributed by atoms with van der Waals surface area (Å²) < 4.78 is 5.57. The lowest BCUT2D eigenvalue weighted by molar-refractivity contribution is 0.0169. The Morgan fingerprint density at radius 1 is 1.44 bits per heavy atom. The van der Waals surface area contributed by atoms with Crippen LogP contribution in [-0.2, 0) is 11.3 Å². The van der Waals surface area contributed by atoms with Crippen molar-refractivity contribution in [3.63, 3.8) is 0 Å². The van der Waals surface area contributed by atoms with Gasteiger partial charge in [0, 0.05) is 25.3 Å². The molecule has 1 atom stereocenters.